The zero-order valence-corrected chi connectivity index (χ0v) is 18.6. The molecule has 9 heteroatoms. The van der Waals surface area contributed by atoms with Gasteiger partial charge in [0.15, 0.2) is 17.5 Å². The first-order chi connectivity index (χ1) is 16.2. The number of fused-ring (bicyclic) bond motifs is 1. The maximum Gasteiger partial charge on any atom is 0.243 e. The van der Waals surface area contributed by atoms with Gasteiger partial charge in [0.1, 0.15) is 6.04 Å². The van der Waals surface area contributed by atoms with Gasteiger partial charge in [0.2, 0.25) is 17.7 Å². The minimum absolute atomic E-state index is 0.0632. The van der Waals surface area contributed by atoms with Crippen LogP contribution >= 0.6 is 0 Å². The lowest BCUT2D eigenvalue weighted by Crippen LogP contribution is -2.51. The second kappa shape index (κ2) is 10.8. The van der Waals surface area contributed by atoms with E-state index in [1.165, 1.54) is 0 Å². The average Bonchev–Trinajstić information content (AvgIpc) is 2.81. The molecule has 0 fully saturated rings. The van der Waals surface area contributed by atoms with Crippen LogP contribution in [-0.2, 0) is 20.8 Å². The highest BCUT2D eigenvalue weighted by atomic mass is 19.2. The van der Waals surface area contributed by atoms with E-state index in [-0.39, 0.29) is 18.2 Å². The third kappa shape index (κ3) is 5.92. The van der Waals surface area contributed by atoms with Crippen LogP contribution in [0.5, 0.6) is 0 Å². The third-order valence-corrected chi connectivity index (χ3v) is 5.23. The van der Waals surface area contributed by atoms with Crippen molar-refractivity contribution in [1.29, 1.82) is 0 Å². The smallest absolute Gasteiger partial charge is 0.243 e. The maximum absolute atomic E-state index is 13.7. The number of hydrogen-bond donors (Lipinski definition) is 3. The lowest BCUT2D eigenvalue weighted by atomic mass is 10.0. The fourth-order valence-electron chi connectivity index (χ4n) is 3.47. The number of carbonyl (C=O) groups is 3. The standard InChI is InChI=1S/C25H24F3N3O3/c1-14(2)24(31-20(32)12-16-8-5-7-15-6-3-4-9-17(15)16)25(34)29-13-21(33)30-19-11-10-18(26)22(27)23(19)28/h3-11,14,24H,12-13H2,1-2H3,(H,29,34)(H,30,33)(H,31,32)/t24-/m1/s1. The largest absolute Gasteiger partial charge is 0.345 e. The summed E-state index contributed by atoms with van der Waals surface area (Å²) < 4.78 is 40.0. The van der Waals surface area contributed by atoms with Crippen molar-refractivity contribution in [2.75, 3.05) is 11.9 Å². The summed E-state index contributed by atoms with van der Waals surface area (Å²) in [6.07, 6.45) is 0.0632. The van der Waals surface area contributed by atoms with E-state index in [9.17, 15) is 27.6 Å². The molecule has 0 aliphatic heterocycles. The minimum Gasteiger partial charge on any atom is -0.345 e. The van der Waals surface area contributed by atoms with Crippen LogP contribution in [0.3, 0.4) is 0 Å². The predicted octanol–water partition coefficient (Wildman–Crippen LogP) is 3.70. The molecule has 34 heavy (non-hydrogen) atoms. The molecule has 0 bridgehead atoms. The summed E-state index contributed by atoms with van der Waals surface area (Å²) in [6.45, 7) is 2.91. The minimum atomic E-state index is -1.71. The topological polar surface area (TPSA) is 87.3 Å². The Morgan fingerprint density at radius 2 is 1.56 bits per heavy atom. The molecular weight excluding hydrogens is 447 g/mol. The van der Waals surface area contributed by atoms with Crippen molar-refractivity contribution in [3.8, 4) is 0 Å². The molecule has 3 aromatic rings. The molecule has 6 nitrogen and oxygen atoms in total. The second-order valence-electron chi connectivity index (χ2n) is 8.09. The van der Waals surface area contributed by atoms with Gasteiger partial charge in [-0.1, -0.05) is 56.3 Å². The summed E-state index contributed by atoms with van der Waals surface area (Å²) in [5, 5.41) is 9.07. The molecule has 0 aliphatic carbocycles. The second-order valence-corrected chi connectivity index (χ2v) is 8.09. The Morgan fingerprint density at radius 3 is 2.29 bits per heavy atom. The number of amides is 3. The van der Waals surface area contributed by atoms with Crippen molar-refractivity contribution in [2.24, 2.45) is 5.92 Å². The molecule has 0 radical (unpaired) electrons. The molecule has 0 heterocycles. The van der Waals surface area contributed by atoms with Crippen molar-refractivity contribution >= 4 is 34.2 Å². The highest BCUT2D eigenvalue weighted by molar-refractivity contribution is 5.96. The molecule has 0 spiro atoms. The molecule has 3 aromatic carbocycles. The summed E-state index contributed by atoms with van der Waals surface area (Å²) >= 11 is 0. The summed E-state index contributed by atoms with van der Waals surface area (Å²) in [6, 6.07) is 13.9. The molecule has 178 valence electrons. The third-order valence-electron chi connectivity index (χ3n) is 5.23. The number of nitrogens with one attached hydrogen (secondary N) is 3. The number of benzene rings is 3. The van der Waals surface area contributed by atoms with Gasteiger partial charge in [-0.05, 0) is 34.4 Å². The number of hydrogen-bond acceptors (Lipinski definition) is 3. The lowest BCUT2D eigenvalue weighted by molar-refractivity contribution is -0.130. The SMILES string of the molecule is CC(C)[C@@H](NC(=O)Cc1cccc2ccccc12)C(=O)NCC(=O)Nc1ccc(F)c(F)c1F. The van der Waals surface area contributed by atoms with Crippen molar-refractivity contribution < 1.29 is 27.6 Å². The first kappa shape index (κ1) is 24.8. The zero-order valence-electron chi connectivity index (χ0n) is 18.6. The van der Waals surface area contributed by atoms with E-state index in [1.807, 2.05) is 42.5 Å². The van der Waals surface area contributed by atoms with E-state index in [4.69, 9.17) is 0 Å². The van der Waals surface area contributed by atoms with E-state index in [0.29, 0.717) is 6.07 Å². The molecule has 0 aromatic heterocycles. The van der Waals surface area contributed by atoms with Crippen molar-refractivity contribution in [1.82, 2.24) is 10.6 Å². The van der Waals surface area contributed by atoms with Crippen LogP contribution < -0.4 is 16.0 Å². The number of anilines is 1. The van der Waals surface area contributed by atoms with Crippen LogP contribution in [0.1, 0.15) is 19.4 Å². The Morgan fingerprint density at radius 1 is 0.853 bits per heavy atom. The summed E-state index contributed by atoms with van der Waals surface area (Å²) in [5.41, 5.74) is 0.258. The summed E-state index contributed by atoms with van der Waals surface area (Å²) in [4.78, 5) is 37.3. The fraction of sp³-hybridized carbons (Fsp3) is 0.240. The van der Waals surface area contributed by atoms with E-state index in [1.54, 1.807) is 13.8 Å². The van der Waals surface area contributed by atoms with Gasteiger partial charge < -0.3 is 16.0 Å². The van der Waals surface area contributed by atoms with Crippen LogP contribution in [0, 0.1) is 23.4 Å². The normalized spacial score (nSPS) is 11.8. The van der Waals surface area contributed by atoms with Gasteiger partial charge in [0.05, 0.1) is 18.7 Å². The van der Waals surface area contributed by atoms with Gasteiger partial charge >= 0.3 is 0 Å². The van der Waals surface area contributed by atoms with Crippen molar-refractivity contribution in [3.05, 3.63) is 77.6 Å². The fourth-order valence-corrected chi connectivity index (χ4v) is 3.47. The summed E-state index contributed by atoms with van der Waals surface area (Å²) in [5.74, 6) is -6.74. The Labute approximate surface area is 194 Å². The van der Waals surface area contributed by atoms with Gasteiger partial charge in [-0.2, -0.15) is 0 Å². The van der Waals surface area contributed by atoms with E-state index in [0.717, 1.165) is 22.4 Å². The van der Waals surface area contributed by atoms with Crippen molar-refractivity contribution in [3.63, 3.8) is 0 Å². The Balaban J connectivity index is 1.59. The number of halogens is 3. The molecule has 3 rings (SSSR count). The van der Waals surface area contributed by atoms with Gasteiger partial charge in [-0.3, -0.25) is 14.4 Å². The molecule has 1 atom stereocenters. The Hall–Kier alpha value is -3.88. The van der Waals surface area contributed by atoms with Crippen LogP contribution in [0.25, 0.3) is 10.8 Å². The maximum atomic E-state index is 13.7. The van der Waals surface area contributed by atoms with E-state index >= 15 is 0 Å². The first-order valence-corrected chi connectivity index (χ1v) is 10.6. The van der Waals surface area contributed by atoms with Crippen molar-refractivity contribution in [2.45, 2.75) is 26.3 Å². The van der Waals surface area contributed by atoms with Gasteiger partial charge in [0, 0.05) is 0 Å². The number of carbonyl (C=O) groups excluding carboxylic acids is 3. The average molecular weight is 471 g/mol. The van der Waals surface area contributed by atoms with Crippen LogP contribution in [0.4, 0.5) is 18.9 Å². The summed E-state index contributed by atoms with van der Waals surface area (Å²) in [7, 11) is 0. The van der Waals surface area contributed by atoms with Crippen LogP contribution in [0.2, 0.25) is 0 Å². The van der Waals surface area contributed by atoms with Crippen LogP contribution in [0.15, 0.2) is 54.6 Å². The van der Waals surface area contributed by atoms with Gasteiger partial charge in [-0.25, -0.2) is 13.2 Å². The molecule has 0 saturated heterocycles. The molecular formula is C25H24F3N3O3. The molecule has 0 unspecified atom stereocenters. The highest BCUT2D eigenvalue weighted by Crippen LogP contribution is 2.20. The Kier molecular flexibility index (Phi) is 7.88. The molecule has 0 aliphatic rings. The van der Waals surface area contributed by atoms with Gasteiger partial charge in [0.25, 0.3) is 0 Å². The number of rotatable bonds is 8. The Bertz CT molecular complexity index is 1230. The van der Waals surface area contributed by atoms with E-state index in [2.05, 4.69) is 16.0 Å². The quantitative estimate of drug-likeness (QED) is 0.438. The van der Waals surface area contributed by atoms with Crippen LogP contribution in [-0.4, -0.2) is 30.3 Å². The molecule has 3 N–H and O–H groups in total. The molecule has 0 saturated carbocycles. The first-order valence-electron chi connectivity index (χ1n) is 10.6. The predicted molar refractivity (Wildman–Crippen MR) is 122 cm³/mol. The van der Waals surface area contributed by atoms with E-state index < -0.39 is 47.5 Å². The zero-order chi connectivity index (χ0) is 24.8. The lowest BCUT2D eigenvalue weighted by Gasteiger charge is -2.22. The highest BCUT2D eigenvalue weighted by Gasteiger charge is 2.25. The monoisotopic (exact) mass is 471 g/mol. The molecule has 3 amide bonds. The van der Waals surface area contributed by atoms with Gasteiger partial charge in [-0.15, -0.1) is 0 Å².